The number of fused-ring (bicyclic) bond motifs is 6. The van der Waals surface area contributed by atoms with E-state index in [2.05, 4.69) is 78.9 Å². The van der Waals surface area contributed by atoms with Crippen molar-refractivity contribution in [1.82, 2.24) is 19.5 Å². The standard InChI is InChI=1S/C51H32N4S/c1-3-14-33(15-4-1)35-18-11-19-36(30-35)40-24-13-25-44-41-22-7-9-26-45(41)55(48(40)44)39-21-12-20-37(31-39)50-52-49(34-16-5-2-6-17-34)53-51(54-50)38-28-29-43-42-23-8-10-27-46(42)56-47(43)32-38/h1-32H/i7D,9D,22D,26D. The molecule has 56 heavy (non-hydrogen) atoms. The molecule has 8 aromatic carbocycles. The normalized spacial score (nSPS) is 12.6. The zero-order chi connectivity index (χ0) is 40.5. The molecule has 0 saturated carbocycles. The van der Waals surface area contributed by atoms with Crippen LogP contribution in [0.3, 0.4) is 0 Å². The highest BCUT2D eigenvalue weighted by molar-refractivity contribution is 7.25. The monoisotopic (exact) mass is 736 g/mol. The van der Waals surface area contributed by atoms with Crippen LogP contribution in [0.1, 0.15) is 5.48 Å². The van der Waals surface area contributed by atoms with Crippen LogP contribution in [-0.2, 0) is 0 Å². The van der Waals surface area contributed by atoms with E-state index in [1.807, 2.05) is 95.6 Å². The molecule has 0 fully saturated rings. The molecule has 11 aromatic rings. The molecular formula is C51H32N4S. The molecule has 4 nitrogen and oxygen atoms in total. The van der Waals surface area contributed by atoms with Gasteiger partial charge in [0.15, 0.2) is 17.5 Å². The second-order valence-corrected chi connectivity index (χ2v) is 14.8. The highest BCUT2D eigenvalue weighted by atomic mass is 32.1. The van der Waals surface area contributed by atoms with Crippen LogP contribution in [0, 0.1) is 0 Å². The van der Waals surface area contributed by atoms with E-state index in [1.54, 1.807) is 11.3 Å². The number of rotatable bonds is 6. The lowest BCUT2D eigenvalue weighted by molar-refractivity contribution is 1.07. The topological polar surface area (TPSA) is 43.6 Å². The number of para-hydroxylation sites is 2. The van der Waals surface area contributed by atoms with Gasteiger partial charge in [0.25, 0.3) is 0 Å². The van der Waals surface area contributed by atoms with Gasteiger partial charge in [-0.1, -0.05) is 158 Å². The number of hydrogen-bond donors (Lipinski definition) is 0. The van der Waals surface area contributed by atoms with E-state index in [4.69, 9.17) is 19.1 Å². The summed E-state index contributed by atoms with van der Waals surface area (Å²) in [5.41, 5.74) is 8.37. The molecule has 0 N–H and O–H groups in total. The summed E-state index contributed by atoms with van der Waals surface area (Å²) in [6.45, 7) is 0. The molecule has 3 aromatic heterocycles. The fraction of sp³-hybridized carbons (Fsp3) is 0. The molecule has 262 valence electrons. The smallest absolute Gasteiger partial charge is 0.164 e. The molecule has 0 unspecified atom stereocenters. The number of thiophene rings is 1. The van der Waals surface area contributed by atoms with Crippen molar-refractivity contribution < 1.29 is 5.48 Å². The highest BCUT2D eigenvalue weighted by Gasteiger charge is 2.19. The predicted octanol–water partition coefficient (Wildman–Crippen LogP) is 13.7. The summed E-state index contributed by atoms with van der Waals surface area (Å²) >= 11 is 1.75. The van der Waals surface area contributed by atoms with Crippen LogP contribution in [-0.4, -0.2) is 19.5 Å². The van der Waals surface area contributed by atoms with Crippen LogP contribution >= 0.6 is 11.3 Å². The van der Waals surface area contributed by atoms with Gasteiger partial charge in [-0.25, -0.2) is 15.0 Å². The molecule has 5 heteroatoms. The molecule has 0 atom stereocenters. The SMILES string of the molecule is [2H]c1c([2H])c([2H])c2c(c1[2H])c1cccc(-c3cccc(-c4ccccc4)c3)c1n2-c1cccc(-c2nc(-c3ccccc3)nc(-c3ccc4c(c3)sc3ccccc34)n2)c1. The van der Waals surface area contributed by atoms with Gasteiger partial charge >= 0.3 is 0 Å². The second kappa shape index (κ2) is 13.3. The van der Waals surface area contributed by atoms with Gasteiger partial charge in [0, 0.05) is 58.9 Å². The Hall–Kier alpha value is -7.21. The van der Waals surface area contributed by atoms with Crippen molar-refractivity contribution in [2.45, 2.75) is 0 Å². The van der Waals surface area contributed by atoms with Gasteiger partial charge in [-0.3, -0.25) is 0 Å². The lowest BCUT2D eigenvalue weighted by Gasteiger charge is -2.14. The van der Waals surface area contributed by atoms with Gasteiger partial charge in [0.05, 0.1) is 16.5 Å². The summed E-state index contributed by atoms with van der Waals surface area (Å²) in [5, 5.41) is 3.62. The first kappa shape index (κ1) is 28.3. The third kappa shape index (κ3) is 5.48. The van der Waals surface area contributed by atoms with Gasteiger partial charge in [0.1, 0.15) is 0 Å². The number of benzene rings is 8. The van der Waals surface area contributed by atoms with Crippen LogP contribution in [0.4, 0.5) is 0 Å². The summed E-state index contributed by atoms with van der Waals surface area (Å²) in [5.74, 6) is 1.58. The first-order valence-corrected chi connectivity index (χ1v) is 19.3. The van der Waals surface area contributed by atoms with Crippen molar-refractivity contribution in [2.24, 2.45) is 0 Å². The Morgan fingerprint density at radius 1 is 0.411 bits per heavy atom. The minimum atomic E-state index is -0.287. The summed E-state index contributed by atoms with van der Waals surface area (Å²) in [7, 11) is 0. The Labute approximate surface area is 333 Å². The summed E-state index contributed by atoms with van der Waals surface area (Å²) < 4.78 is 40.2. The highest BCUT2D eigenvalue weighted by Crippen LogP contribution is 2.40. The zero-order valence-corrected chi connectivity index (χ0v) is 30.7. The predicted molar refractivity (Wildman–Crippen MR) is 234 cm³/mol. The molecule has 0 spiro atoms. The van der Waals surface area contributed by atoms with Crippen LogP contribution in [0.15, 0.2) is 194 Å². The number of nitrogens with zero attached hydrogens (tertiary/aromatic N) is 4. The molecule has 0 aliphatic carbocycles. The van der Waals surface area contributed by atoms with Crippen molar-refractivity contribution in [1.29, 1.82) is 0 Å². The Balaban J connectivity index is 1.14. The lowest BCUT2D eigenvalue weighted by atomic mass is 9.97. The minimum absolute atomic E-state index is 0.0775. The zero-order valence-electron chi connectivity index (χ0n) is 33.9. The molecule has 3 heterocycles. The third-order valence-electron chi connectivity index (χ3n) is 10.4. The fourth-order valence-electron chi connectivity index (χ4n) is 7.75. The van der Waals surface area contributed by atoms with Crippen LogP contribution in [0.25, 0.3) is 104 Å². The van der Waals surface area contributed by atoms with E-state index in [1.165, 1.54) is 15.5 Å². The first-order valence-electron chi connectivity index (χ1n) is 20.4. The maximum absolute atomic E-state index is 9.28. The third-order valence-corrected chi connectivity index (χ3v) is 11.5. The lowest BCUT2D eigenvalue weighted by Crippen LogP contribution is -2.01. The van der Waals surface area contributed by atoms with Crippen molar-refractivity contribution in [2.75, 3.05) is 0 Å². The van der Waals surface area contributed by atoms with Gasteiger partial charge in [-0.2, -0.15) is 0 Å². The van der Waals surface area contributed by atoms with Gasteiger partial charge in [-0.05, 0) is 53.1 Å². The summed E-state index contributed by atoms with van der Waals surface area (Å²) in [6, 6.07) is 56.4. The Bertz CT molecular complexity index is 3490. The summed E-state index contributed by atoms with van der Waals surface area (Å²) in [4.78, 5) is 15.2. The molecule has 0 bridgehead atoms. The molecule has 0 saturated heterocycles. The first-order chi connectivity index (χ1) is 29.4. The van der Waals surface area contributed by atoms with Gasteiger partial charge < -0.3 is 4.57 Å². The van der Waals surface area contributed by atoms with Crippen molar-refractivity contribution in [3.8, 4) is 62.1 Å². The average molecular weight is 737 g/mol. The van der Waals surface area contributed by atoms with Crippen LogP contribution < -0.4 is 0 Å². The van der Waals surface area contributed by atoms with E-state index < -0.39 is 0 Å². The van der Waals surface area contributed by atoms with E-state index in [0.29, 0.717) is 34.1 Å². The van der Waals surface area contributed by atoms with Crippen molar-refractivity contribution in [3.63, 3.8) is 0 Å². The van der Waals surface area contributed by atoms with E-state index in [-0.39, 0.29) is 24.2 Å². The molecular weight excluding hydrogens is 701 g/mol. The number of hydrogen-bond acceptors (Lipinski definition) is 4. The van der Waals surface area contributed by atoms with Crippen LogP contribution in [0.5, 0.6) is 0 Å². The maximum Gasteiger partial charge on any atom is 0.164 e. The number of aromatic nitrogens is 4. The van der Waals surface area contributed by atoms with Gasteiger partial charge in [0.2, 0.25) is 0 Å². The molecule has 0 aliphatic rings. The minimum Gasteiger partial charge on any atom is -0.309 e. The van der Waals surface area contributed by atoms with E-state index >= 15 is 0 Å². The molecule has 0 amide bonds. The molecule has 11 rings (SSSR count). The largest absolute Gasteiger partial charge is 0.309 e. The second-order valence-electron chi connectivity index (χ2n) is 13.7. The average Bonchev–Trinajstić information content (AvgIpc) is 3.87. The molecule has 0 aliphatic heterocycles. The fourth-order valence-corrected chi connectivity index (χ4v) is 8.90. The van der Waals surface area contributed by atoms with E-state index in [9.17, 15) is 1.37 Å². The molecule has 0 radical (unpaired) electrons. The Kier molecular flexibility index (Phi) is 6.70. The quantitative estimate of drug-likeness (QED) is 0.171. The van der Waals surface area contributed by atoms with Crippen molar-refractivity contribution in [3.05, 3.63) is 194 Å². The Morgan fingerprint density at radius 3 is 1.86 bits per heavy atom. The van der Waals surface area contributed by atoms with Crippen molar-refractivity contribution >= 4 is 53.3 Å². The van der Waals surface area contributed by atoms with Crippen LogP contribution in [0.2, 0.25) is 0 Å². The Morgan fingerprint density at radius 2 is 1.02 bits per heavy atom. The summed E-state index contributed by atoms with van der Waals surface area (Å²) in [6.07, 6.45) is 0. The van der Waals surface area contributed by atoms with Gasteiger partial charge in [-0.15, -0.1) is 11.3 Å². The van der Waals surface area contributed by atoms with E-state index in [0.717, 1.165) is 54.5 Å². The maximum atomic E-state index is 9.28.